The van der Waals surface area contributed by atoms with Crippen LogP contribution in [0.25, 0.3) is 0 Å². The van der Waals surface area contributed by atoms with Gasteiger partial charge in [-0.3, -0.25) is 18.7 Å². The van der Waals surface area contributed by atoms with E-state index in [1.54, 1.807) is 23.3 Å². The molecule has 7 heteroatoms. The quantitative estimate of drug-likeness (QED) is 0.656. The fourth-order valence-electron chi connectivity index (χ4n) is 2.79. The molecule has 1 unspecified atom stereocenters. The van der Waals surface area contributed by atoms with Crippen molar-refractivity contribution in [3.63, 3.8) is 0 Å². The number of hydrogen-bond donors (Lipinski definition) is 0. The van der Waals surface area contributed by atoms with E-state index in [9.17, 15) is 14.4 Å². The number of carbonyl (C=O) groups excluding carboxylic acids is 1. The van der Waals surface area contributed by atoms with Crippen molar-refractivity contribution in [1.29, 1.82) is 0 Å². The molecule has 0 aliphatic heterocycles. The average Bonchev–Trinajstić information content (AvgIpc) is 3.21. The molecule has 0 fully saturated rings. The predicted molar refractivity (Wildman–Crippen MR) is 106 cm³/mol. The van der Waals surface area contributed by atoms with Crippen LogP contribution in [0.3, 0.4) is 0 Å². The monoisotopic (exact) mass is 383 g/mol. The molecule has 0 bridgehead atoms. The minimum atomic E-state index is -0.489. The normalized spacial score (nSPS) is 11.9. The third-order valence-corrected chi connectivity index (χ3v) is 5.60. The molecule has 0 N–H and O–H groups in total. The fraction of sp³-hybridized carbons (Fsp3) is 0.250. The first-order chi connectivity index (χ1) is 13.0. The van der Waals surface area contributed by atoms with E-state index >= 15 is 0 Å². The zero-order valence-corrected chi connectivity index (χ0v) is 16.1. The summed E-state index contributed by atoms with van der Waals surface area (Å²) in [5.74, 6) is -0.285. The Morgan fingerprint density at radius 1 is 1.11 bits per heavy atom. The van der Waals surface area contributed by atoms with Crippen molar-refractivity contribution in [1.82, 2.24) is 14.0 Å². The molecule has 2 heterocycles. The van der Waals surface area contributed by atoms with Gasteiger partial charge in [0.1, 0.15) is 6.54 Å². The van der Waals surface area contributed by atoms with Gasteiger partial charge in [-0.25, -0.2) is 4.79 Å². The topological polar surface area (TPSA) is 64.3 Å². The van der Waals surface area contributed by atoms with Crippen molar-refractivity contribution in [2.75, 3.05) is 7.05 Å². The van der Waals surface area contributed by atoms with Gasteiger partial charge in [0, 0.05) is 24.2 Å². The lowest BCUT2D eigenvalue weighted by molar-refractivity contribution is -0.132. The van der Waals surface area contributed by atoms with Crippen LogP contribution in [0, 0.1) is 0 Å². The molecule has 0 spiro atoms. The van der Waals surface area contributed by atoms with E-state index in [2.05, 4.69) is 0 Å². The highest BCUT2D eigenvalue weighted by molar-refractivity contribution is 7.10. The SMILES string of the molecule is CC(c1cccs1)N(C)C(=O)Cn1c(=O)ccn(Cc2ccccc2)c1=O. The maximum absolute atomic E-state index is 12.7. The van der Waals surface area contributed by atoms with E-state index in [1.807, 2.05) is 54.8 Å². The van der Waals surface area contributed by atoms with Gasteiger partial charge < -0.3 is 4.90 Å². The maximum Gasteiger partial charge on any atom is 0.331 e. The lowest BCUT2D eigenvalue weighted by Gasteiger charge is -2.24. The first kappa shape index (κ1) is 18.8. The van der Waals surface area contributed by atoms with Crippen LogP contribution in [0.4, 0.5) is 0 Å². The number of hydrogen-bond acceptors (Lipinski definition) is 4. The Balaban J connectivity index is 1.82. The molecule has 0 saturated heterocycles. The van der Waals surface area contributed by atoms with Gasteiger partial charge in [0.15, 0.2) is 0 Å². The van der Waals surface area contributed by atoms with Crippen molar-refractivity contribution in [3.05, 3.63) is 91.4 Å². The largest absolute Gasteiger partial charge is 0.337 e. The number of thiophene rings is 1. The number of rotatable bonds is 6. The van der Waals surface area contributed by atoms with Crippen LogP contribution in [-0.2, 0) is 17.9 Å². The summed E-state index contributed by atoms with van der Waals surface area (Å²) in [6, 6.07) is 14.6. The number of benzene rings is 1. The van der Waals surface area contributed by atoms with Gasteiger partial charge in [-0.05, 0) is 23.9 Å². The Bertz CT molecular complexity index is 1020. The number of aromatic nitrogens is 2. The second-order valence-electron chi connectivity index (χ2n) is 6.33. The van der Waals surface area contributed by atoms with Gasteiger partial charge in [0.25, 0.3) is 5.56 Å². The van der Waals surface area contributed by atoms with Crippen LogP contribution in [0.2, 0.25) is 0 Å². The summed E-state index contributed by atoms with van der Waals surface area (Å²) in [6.45, 7) is 1.99. The third kappa shape index (κ3) is 4.25. The standard InChI is InChI=1S/C20H21N3O3S/c1-15(17-9-6-12-27-17)21(2)19(25)14-23-18(24)10-11-22(20(23)26)13-16-7-4-3-5-8-16/h3-12,15H,13-14H2,1-2H3. The van der Waals surface area contributed by atoms with Crippen LogP contribution in [0.15, 0.2) is 69.7 Å². The number of likely N-dealkylation sites (N-methyl/N-ethyl adjacent to an activating group) is 1. The Morgan fingerprint density at radius 2 is 1.85 bits per heavy atom. The Hall–Kier alpha value is -2.93. The second kappa shape index (κ2) is 8.18. The van der Waals surface area contributed by atoms with E-state index in [-0.39, 0.29) is 18.5 Å². The van der Waals surface area contributed by atoms with Crippen LogP contribution >= 0.6 is 11.3 Å². The van der Waals surface area contributed by atoms with Crippen molar-refractivity contribution in [2.45, 2.75) is 26.1 Å². The molecule has 1 amide bonds. The number of amides is 1. The predicted octanol–water partition coefficient (Wildman–Crippen LogP) is 2.34. The van der Waals surface area contributed by atoms with Crippen LogP contribution < -0.4 is 11.2 Å². The molecule has 1 atom stereocenters. The number of nitrogens with zero attached hydrogens (tertiary/aromatic N) is 3. The molecule has 3 rings (SSSR count). The molecule has 0 radical (unpaired) electrons. The molecule has 6 nitrogen and oxygen atoms in total. The Morgan fingerprint density at radius 3 is 2.52 bits per heavy atom. The Kier molecular flexibility index (Phi) is 5.71. The van der Waals surface area contributed by atoms with E-state index < -0.39 is 11.2 Å². The van der Waals surface area contributed by atoms with Gasteiger partial charge in [-0.15, -0.1) is 11.3 Å². The molecule has 1 aromatic carbocycles. The van der Waals surface area contributed by atoms with Crippen molar-refractivity contribution in [3.8, 4) is 0 Å². The summed E-state index contributed by atoms with van der Waals surface area (Å²) < 4.78 is 2.43. The lowest BCUT2D eigenvalue weighted by Crippen LogP contribution is -2.44. The van der Waals surface area contributed by atoms with E-state index in [1.165, 1.54) is 16.8 Å². The van der Waals surface area contributed by atoms with E-state index in [4.69, 9.17) is 0 Å². The molecular weight excluding hydrogens is 362 g/mol. The van der Waals surface area contributed by atoms with Crippen LogP contribution in [0.1, 0.15) is 23.4 Å². The first-order valence-electron chi connectivity index (χ1n) is 8.60. The smallest absolute Gasteiger partial charge is 0.331 e. The summed E-state index contributed by atoms with van der Waals surface area (Å²) in [7, 11) is 1.68. The molecule has 27 heavy (non-hydrogen) atoms. The van der Waals surface area contributed by atoms with Gasteiger partial charge in [-0.2, -0.15) is 0 Å². The minimum absolute atomic E-state index is 0.122. The fourth-order valence-corrected chi connectivity index (χ4v) is 3.61. The summed E-state index contributed by atoms with van der Waals surface area (Å²) in [4.78, 5) is 40.1. The molecule has 0 aliphatic rings. The third-order valence-electron chi connectivity index (χ3n) is 4.56. The van der Waals surface area contributed by atoms with Crippen molar-refractivity contribution < 1.29 is 4.79 Å². The zero-order chi connectivity index (χ0) is 19.4. The van der Waals surface area contributed by atoms with Crippen molar-refractivity contribution >= 4 is 17.2 Å². The van der Waals surface area contributed by atoms with Crippen LogP contribution in [0.5, 0.6) is 0 Å². The zero-order valence-electron chi connectivity index (χ0n) is 15.2. The van der Waals surface area contributed by atoms with Gasteiger partial charge in [0.05, 0.1) is 12.6 Å². The van der Waals surface area contributed by atoms with Gasteiger partial charge >= 0.3 is 5.69 Å². The van der Waals surface area contributed by atoms with E-state index in [0.717, 1.165) is 15.0 Å². The molecule has 0 aliphatic carbocycles. The van der Waals surface area contributed by atoms with E-state index in [0.29, 0.717) is 6.54 Å². The van der Waals surface area contributed by atoms with Gasteiger partial charge in [0.2, 0.25) is 5.91 Å². The lowest BCUT2D eigenvalue weighted by atomic mass is 10.2. The maximum atomic E-state index is 12.7. The van der Waals surface area contributed by atoms with Gasteiger partial charge in [-0.1, -0.05) is 36.4 Å². The van der Waals surface area contributed by atoms with Crippen molar-refractivity contribution in [2.24, 2.45) is 0 Å². The number of carbonyl (C=O) groups is 1. The second-order valence-corrected chi connectivity index (χ2v) is 7.31. The highest BCUT2D eigenvalue weighted by Crippen LogP contribution is 2.23. The first-order valence-corrected chi connectivity index (χ1v) is 9.48. The molecule has 140 valence electrons. The molecule has 2 aromatic heterocycles. The highest BCUT2D eigenvalue weighted by atomic mass is 32.1. The summed E-state index contributed by atoms with van der Waals surface area (Å²) in [6.07, 6.45) is 1.47. The minimum Gasteiger partial charge on any atom is -0.337 e. The average molecular weight is 383 g/mol. The Labute approximate surface area is 160 Å². The molecule has 3 aromatic rings. The van der Waals surface area contributed by atoms with Crippen LogP contribution in [-0.4, -0.2) is 27.0 Å². The summed E-state index contributed by atoms with van der Waals surface area (Å²) in [5, 5.41) is 1.95. The summed E-state index contributed by atoms with van der Waals surface area (Å²) in [5.41, 5.74) is -0.0220. The molecular formula is C20H21N3O3S. The highest BCUT2D eigenvalue weighted by Gasteiger charge is 2.20. The summed E-state index contributed by atoms with van der Waals surface area (Å²) >= 11 is 1.56. The molecule has 0 saturated carbocycles.